The van der Waals surface area contributed by atoms with Crippen LogP contribution in [-0.2, 0) is 21.5 Å². The fourth-order valence-electron chi connectivity index (χ4n) is 4.59. The molecular weight excluding hydrogens is 429 g/mol. The molecule has 1 amide bonds. The van der Waals surface area contributed by atoms with Crippen molar-refractivity contribution in [1.29, 1.82) is 0 Å². The Kier molecular flexibility index (Phi) is 7.27. The molecule has 178 valence electrons. The van der Waals surface area contributed by atoms with Gasteiger partial charge in [0.1, 0.15) is 5.82 Å². The van der Waals surface area contributed by atoms with Crippen molar-refractivity contribution in [3.8, 4) is 0 Å². The first kappa shape index (κ1) is 23.9. The molecule has 5 nitrogen and oxygen atoms in total. The molecule has 1 aliphatic heterocycles. The second-order valence-corrected chi connectivity index (χ2v) is 9.18. The standard InChI is InChI=1S/C28H32FN3O2/c1-20-7-9-23(10-8-20)18-32-22(3)26(21(2)31-32)11-12-27(33)30-19-28(13-15-34-16-14-28)24-5-4-6-25(29)17-24/h4-12,17H,13-16,18-19H2,1-3H3,(H,30,33)/b12-11+. The molecule has 1 saturated heterocycles. The minimum absolute atomic E-state index is 0.174. The zero-order valence-corrected chi connectivity index (χ0v) is 20.1. The van der Waals surface area contributed by atoms with Gasteiger partial charge in [0.2, 0.25) is 5.91 Å². The van der Waals surface area contributed by atoms with Crippen LogP contribution < -0.4 is 5.32 Å². The number of carbonyl (C=O) groups is 1. The van der Waals surface area contributed by atoms with Crippen molar-refractivity contribution in [2.24, 2.45) is 0 Å². The average molecular weight is 462 g/mol. The number of amides is 1. The summed E-state index contributed by atoms with van der Waals surface area (Å²) < 4.78 is 21.4. The lowest BCUT2D eigenvalue weighted by molar-refractivity contribution is -0.116. The van der Waals surface area contributed by atoms with Crippen LogP contribution in [0.15, 0.2) is 54.6 Å². The summed E-state index contributed by atoms with van der Waals surface area (Å²) >= 11 is 0. The Morgan fingerprint density at radius 3 is 2.59 bits per heavy atom. The molecule has 0 bridgehead atoms. The Labute approximate surface area is 200 Å². The van der Waals surface area contributed by atoms with E-state index in [0.29, 0.717) is 26.3 Å². The maximum Gasteiger partial charge on any atom is 0.244 e. The molecule has 2 aromatic carbocycles. The predicted molar refractivity (Wildman–Crippen MR) is 132 cm³/mol. The van der Waals surface area contributed by atoms with Gasteiger partial charge in [-0.25, -0.2) is 4.39 Å². The Bertz CT molecular complexity index is 1170. The van der Waals surface area contributed by atoms with Crippen LogP contribution >= 0.6 is 0 Å². The van der Waals surface area contributed by atoms with Gasteiger partial charge in [0.05, 0.1) is 12.2 Å². The number of ether oxygens (including phenoxy) is 1. The first-order valence-electron chi connectivity index (χ1n) is 11.8. The second-order valence-electron chi connectivity index (χ2n) is 9.18. The van der Waals surface area contributed by atoms with Crippen LogP contribution in [0.25, 0.3) is 6.08 Å². The number of carbonyl (C=O) groups excluding carboxylic acids is 1. The van der Waals surface area contributed by atoms with Crippen molar-refractivity contribution in [3.63, 3.8) is 0 Å². The molecule has 1 fully saturated rings. The molecule has 0 aliphatic carbocycles. The minimum atomic E-state index is -0.325. The van der Waals surface area contributed by atoms with Gasteiger partial charge in [-0.2, -0.15) is 5.10 Å². The van der Waals surface area contributed by atoms with Crippen molar-refractivity contribution in [2.45, 2.75) is 45.6 Å². The Morgan fingerprint density at radius 1 is 1.15 bits per heavy atom. The number of hydrogen-bond donors (Lipinski definition) is 1. The highest BCUT2D eigenvalue weighted by Crippen LogP contribution is 2.34. The lowest BCUT2D eigenvalue weighted by Gasteiger charge is -2.37. The molecule has 0 spiro atoms. The topological polar surface area (TPSA) is 56.2 Å². The molecule has 1 aliphatic rings. The van der Waals surface area contributed by atoms with Crippen LogP contribution in [0.4, 0.5) is 4.39 Å². The minimum Gasteiger partial charge on any atom is -0.381 e. The molecule has 1 N–H and O–H groups in total. The second kappa shape index (κ2) is 10.3. The van der Waals surface area contributed by atoms with Crippen LogP contribution in [0, 0.1) is 26.6 Å². The van der Waals surface area contributed by atoms with Crippen molar-refractivity contribution >= 4 is 12.0 Å². The summed E-state index contributed by atoms with van der Waals surface area (Å²) in [5.74, 6) is -0.435. The molecule has 6 heteroatoms. The van der Waals surface area contributed by atoms with Gasteiger partial charge in [-0.1, -0.05) is 42.0 Å². The molecule has 2 heterocycles. The Balaban J connectivity index is 1.44. The Morgan fingerprint density at radius 2 is 1.88 bits per heavy atom. The molecular formula is C28H32FN3O2. The smallest absolute Gasteiger partial charge is 0.244 e. The number of halogens is 1. The first-order valence-corrected chi connectivity index (χ1v) is 11.8. The van der Waals surface area contributed by atoms with Gasteiger partial charge in [0, 0.05) is 42.5 Å². The maximum atomic E-state index is 13.9. The van der Waals surface area contributed by atoms with Gasteiger partial charge in [-0.15, -0.1) is 0 Å². The van der Waals surface area contributed by atoms with E-state index in [1.807, 2.05) is 30.7 Å². The zero-order valence-electron chi connectivity index (χ0n) is 20.1. The number of benzene rings is 2. The maximum absolute atomic E-state index is 13.9. The fraction of sp³-hybridized carbons (Fsp3) is 0.357. The van der Waals surface area contributed by atoms with E-state index in [1.165, 1.54) is 17.2 Å². The number of hydrogen-bond acceptors (Lipinski definition) is 3. The largest absolute Gasteiger partial charge is 0.381 e. The van der Waals surface area contributed by atoms with Crippen LogP contribution in [0.3, 0.4) is 0 Å². The molecule has 0 atom stereocenters. The summed E-state index contributed by atoms with van der Waals surface area (Å²) in [4.78, 5) is 12.7. The molecule has 0 unspecified atom stereocenters. The van der Waals surface area contributed by atoms with Gasteiger partial charge >= 0.3 is 0 Å². The molecule has 34 heavy (non-hydrogen) atoms. The third-order valence-corrected chi connectivity index (χ3v) is 6.78. The van der Waals surface area contributed by atoms with E-state index >= 15 is 0 Å². The molecule has 0 radical (unpaired) electrons. The molecule has 1 aromatic heterocycles. The summed E-state index contributed by atoms with van der Waals surface area (Å²) in [5.41, 5.74) is 5.85. The lowest BCUT2D eigenvalue weighted by Crippen LogP contribution is -2.44. The van der Waals surface area contributed by atoms with E-state index in [0.717, 1.165) is 35.4 Å². The molecule has 3 aromatic rings. The van der Waals surface area contributed by atoms with E-state index in [-0.39, 0.29) is 17.1 Å². The summed E-state index contributed by atoms with van der Waals surface area (Å²) in [5, 5.41) is 7.71. The third kappa shape index (κ3) is 5.45. The summed E-state index contributed by atoms with van der Waals surface area (Å²) in [7, 11) is 0. The predicted octanol–water partition coefficient (Wildman–Crippen LogP) is 4.87. The highest BCUT2D eigenvalue weighted by molar-refractivity contribution is 5.92. The molecule has 0 saturated carbocycles. The van der Waals surface area contributed by atoms with E-state index < -0.39 is 0 Å². The van der Waals surface area contributed by atoms with Crippen molar-refractivity contribution < 1.29 is 13.9 Å². The van der Waals surface area contributed by atoms with Gasteiger partial charge in [0.25, 0.3) is 0 Å². The number of rotatable bonds is 7. The fourth-order valence-corrected chi connectivity index (χ4v) is 4.59. The highest BCUT2D eigenvalue weighted by Gasteiger charge is 2.35. The van der Waals surface area contributed by atoms with E-state index in [9.17, 15) is 9.18 Å². The monoisotopic (exact) mass is 461 g/mol. The summed E-state index contributed by atoms with van der Waals surface area (Å²) in [6, 6.07) is 15.1. The van der Waals surface area contributed by atoms with Crippen LogP contribution in [-0.4, -0.2) is 35.4 Å². The highest BCUT2D eigenvalue weighted by atomic mass is 19.1. The normalized spacial score (nSPS) is 15.5. The van der Waals surface area contributed by atoms with Gasteiger partial charge in [-0.05, 0) is 62.9 Å². The van der Waals surface area contributed by atoms with E-state index in [4.69, 9.17) is 4.74 Å². The van der Waals surface area contributed by atoms with Gasteiger partial charge in [0.15, 0.2) is 0 Å². The number of aryl methyl sites for hydroxylation is 2. The SMILES string of the molecule is Cc1ccc(Cn2nc(C)c(/C=C/C(=O)NCC3(c4cccc(F)c4)CCOCC3)c2C)cc1. The van der Waals surface area contributed by atoms with Gasteiger partial charge < -0.3 is 10.1 Å². The van der Waals surface area contributed by atoms with Crippen molar-refractivity contribution in [2.75, 3.05) is 19.8 Å². The first-order chi connectivity index (χ1) is 16.4. The quantitative estimate of drug-likeness (QED) is 0.511. The summed E-state index contributed by atoms with van der Waals surface area (Å²) in [6.45, 7) is 8.37. The summed E-state index contributed by atoms with van der Waals surface area (Å²) in [6.07, 6.45) is 4.87. The van der Waals surface area contributed by atoms with Crippen LogP contribution in [0.5, 0.6) is 0 Å². The zero-order chi connectivity index (χ0) is 24.1. The molecule has 4 rings (SSSR count). The van der Waals surface area contributed by atoms with Crippen LogP contribution in [0.1, 0.15) is 46.5 Å². The number of aromatic nitrogens is 2. The van der Waals surface area contributed by atoms with Crippen molar-refractivity contribution in [3.05, 3.63) is 94.1 Å². The average Bonchev–Trinajstić information content (AvgIpc) is 3.10. The lowest BCUT2D eigenvalue weighted by atomic mass is 9.74. The Hall–Kier alpha value is -3.25. The number of nitrogens with zero attached hydrogens (tertiary/aromatic N) is 2. The van der Waals surface area contributed by atoms with E-state index in [2.05, 4.69) is 41.6 Å². The third-order valence-electron chi connectivity index (χ3n) is 6.78. The van der Waals surface area contributed by atoms with Crippen molar-refractivity contribution in [1.82, 2.24) is 15.1 Å². The van der Waals surface area contributed by atoms with E-state index in [1.54, 1.807) is 18.2 Å². The van der Waals surface area contributed by atoms with Crippen LogP contribution in [0.2, 0.25) is 0 Å². The number of nitrogens with one attached hydrogen (secondary N) is 1. The van der Waals surface area contributed by atoms with Gasteiger partial charge in [-0.3, -0.25) is 9.48 Å².